The number of aromatic nitrogens is 5. The van der Waals surface area contributed by atoms with Gasteiger partial charge in [-0.1, -0.05) is 44.3 Å². The molecule has 0 aromatic carbocycles. The Bertz CT molecular complexity index is 1260. The van der Waals surface area contributed by atoms with Gasteiger partial charge in [0.15, 0.2) is 6.73 Å². The number of aryl methyl sites for hydroxylation is 1. The molecule has 0 amide bonds. The van der Waals surface area contributed by atoms with Crippen molar-refractivity contribution in [3.8, 4) is 0 Å². The normalized spacial score (nSPS) is 11.7. The maximum Gasteiger partial charge on any atom is 0.436 e. The number of hydrogen-bond donors (Lipinski definition) is 1. The molecule has 0 spiro atoms. The predicted molar refractivity (Wildman–Crippen MR) is 162 cm³/mol. The summed E-state index contributed by atoms with van der Waals surface area (Å²) in [6, 6.07) is 3.92. The number of hydrogen-bond acceptors (Lipinski definition) is 8. The Balaban J connectivity index is 0.000000293. The standard InChI is InChI=1S/C15H23BrN4O2Si.C9H17N3O3Si/c1-19-10-12(16)9-13(14(19)21)18-15-17-5-6-20(15)11-22-7-8-23(2,3)4;1-16(2,3)7-6-15-8-11-5-4-10-9(11)12(13)14/h5-6,9-10H,7-8,11H2,1-4H3,(H,17,18);4-5H,6-8H2,1-3H3. The molecular weight excluding hydrogens is 602 g/mol. The lowest BCUT2D eigenvalue weighted by atomic mass is 10.4. The minimum absolute atomic E-state index is 0.109. The molecule has 15 heteroatoms. The van der Waals surface area contributed by atoms with Crippen molar-refractivity contribution in [3.05, 3.63) is 62.0 Å². The SMILES string of the molecule is C[Si](C)(C)CCOCn1ccnc1[N+](=O)[O-].Cn1cc(Br)cc(Nc2nccn2COCC[Si](C)(C)C)c1=O. The predicted octanol–water partition coefficient (Wildman–Crippen LogP) is 5.50. The summed E-state index contributed by atoms with van der Waals surface area (Å²) in [5.74, 6) is 0.418. The van der Waals surface area contributed by atoms with Crippen molar-refractivity contribution in [3.63, 3.8) is 0 Å². The number of rotatable bonds is 13. The largest absolute Gasteiger partial charge is 0.436 e. The van der Waals surface area contributed by atoms with Crippen molar-refractivity contribution in [1.29, 1.82) is 0 Å². The highest BCUT2D eigenvalue weighted by molar-refractivity contribution is 9.10. The first-order valence-corrected chi connectivity index (χ1v) is 20.8. The van der Waals surface area contributed by atoms with Crippen LogP contribution in [-0.2, 0) is 30.0 Å². The van der Waals surface area contributed by atoms with Gasteiger partial charge in [0.25, 0.3) is 5.56 Å². The van der Waals surface area contributed by atoms with Gasteiger partial charge in [0.05, 0.1) is 0 Å². The fourth-order valence-corrected chi connectivity index (χ4v) is 5.12. The van der Waals surface area contributed by atoms with Gasteiger partial charge in [-0.15, -0.1) is 0 Å². The third kappa shape index (κ3) is 12.0. The van der Waals surface area contributed by atoms with Gasteiger partial charge in [-0.2, -0.15) is 0 Å². The van der Waals surface area contributed by atoms with Crippen LogP contribution in [0, 0.1) is 10.1 Å². The lowest BCUT2D eigenvalue weighted by Crippen LogP contribution is -2.22. The summed E-state index contributed by atoms with van der Waals surface area (Å²) in [6.45, 7) is 15.7. The number of nitrogens with one attached hydrogen (secondary N) is 1. The Morgan fingerprint density at radius 1 is 0.974 bits per heavy atom. The molecule has 0 unspecified atom stereocenters. The fourth-order valence-electron chi connectivity index (χ4n) is 3.07. The van der Waals surface area contributed by atoms with Gasteiger partial charge >= 0.3 is 5.95 Å². The number of pyridine rings is 1. The summed E-state index contributed by atoms with van der Waals surface area (Å²) < 4.78 is 16.7. The van der Waals surface area contributed by atoms with E-state index in [2.05, 4.69) is 70.5 Å². The van der Waals surface area contributed by atoms with Crippen molar-refractivity contribution >= 4 is 49.7 Å². The molecule has 0 saturated heterocycles. The summed E-state index contributed by atoms with van der Waals surface area (Å²) in [4.78, 5) is 30.1. The maximum absolute atomic E-state index is 12.1. The topological polar surface area (TPSA) is 131 Å². The van der Waals surface area contributed by atoms with E-state index in [9.17, 15) is 14.9 Å². The van der Waals surface area contributed by atoms with Crippen LogP contribution in [0.1, 0.15) is 0 Å². The minimum atomic E-state index is -1.10. The van der Waals surface area contributed by atoms with Crippen LogP contribution in [-0.4, -0.2) is 58.0 Å². The number of nitrogens with zero attached hydrogens (tertiary/aromatic N) is 6. The van der Waals surface area contributed by atoms with E-state index in [0.29, 0.717) is 25.0 Å². The van der Waals surface area contributed by atoms with Crippen molar-refractivity contribution in [2.45, 2.75) is 64.8 Å². The first-order valence-electron chi connectivity index (χ1n) is 12.6. The molecule has 0 aliphatic heterocycles. The Labute approximate surface area is 239 Å². The molecule has 1 N–H and O–H groups in total. The van der Waals surface area contributed by atoms with E-state index in [0.717, 1.165) is 23.2 Å². The first kappa shape index (κ1) is 32.6. The highest BCUT2D eigenvalue weighted by Gasteiger charge is 2.16. The molecular formula is C24H40BrN7O5Si2. The second kappa shape index (κ2) is 14.7. The lowest BCUT2D eigenvalue weighted by molar-refractivity contribution is -0.397. The molecule has 0 bridgehead atoms. The summed E-state index contributed by atoms with van der Waals surface area (Å²) in [5, 5.41) is 13.6. The molecule has 0 atom stereocenters. The van der Waals surface area contributed by atoms with Gasteiger partial charge in [0, 0.05) is 59.5 Å². The number of ether oxygens (including phenoxy) is 2. The summed E-state index contributed by atoms with van der Waals surface area (Å²) in [6.07, 6.45) is 8.19. The van der Waals surface area contributed by atoms with Crippen LogP contribution < -0.4 is 10.9 Å². The second-order valence-corrected chi connectivity index (χ2v) is 23.6. The average molecular weight is 643 g/mol. The lowest BCUT2D eigenvalue weighted by Gasteiger charge is -2.16. The van der Waals surface area contributed by atoms with E-state index in [1.54, 1.807) is 31.7 Å². The number of halogens is 1. The molecule has 3 heterocycles. The van der Waals surface area contributed by atoms with Gasteiger partial charge < -0.3 is 29.5 Å². The van der Waals surface area contributed by atoms with Crippen molar-refractivity contribution in [2.24, 2.45) is 7.05 Å². The molecule has 3 aromatic rings. The summed E-state index contributed by atoms with van der Waals surface area (Å²) in [5.41, 5.74) is 0.360. The van der Waals surface area contributed by atoms with Crippen molar-refractivity contribution in [2.75, 3.05) is 18.5 Å². The van der Waals surface area contributed by atoms with Gasteiger partial charge in [-0.25, -0.2) is 9.55 Å². The fraction of sp³-hybridized carbons (Fsp3) is 0.542. The van der Waals surface area contributed by atoms with Crippen molar-refractivity contribution in [1.82, 2.24) is 23.7 Å². The van der Waals surface area contributed by atoms with E-state index >= 15 is 0 Å². The Morgan fingerprint density at radius 3 is 2.08 bits per heavy atom. The number of imidazole rings is 2. The van der Waals surface area contributed by atoms with Crippen LogP contribution in [0.25, 0.3) is 0 Å². The molecule has 39 heavy (non-hydrogen) atoms. The molecule has 0 saturated carbocycles. The van der Waals surface area contributed by atoms with Crippen LogP contribution in [0.3, 0.4) is 0 Å². The third-order valence-corrected chi connectivity index (χ3v) is 9.26. The highest BCUT2D eigenvalue weighted by Crippen LogP contribution is 2.16. The van der Waals surface area contributed by atoms with Gasteiger partial charge in [-0.05, 0) is 39.0 Å². The Kier molecular flexibility index (Phi) is 12.3. The van der Waals surface area contributed by atoms with E-state index in [4.69, 9.17) is 9.47 Å². The van der Waals surface area contributed by atoms with Crippen LogP contribution >= 0.6 is 15.9 Å². The highest BCUT2D eigenvalue weighted by atomic mass is 79.9. The first-order chi connectivity index (χ1) is 18.2. The quantitative estimate of drug-likeness (QED) is 0.112. The summed E-state index contributed by atoms with van der Waals surface area (Å²) in [7, 11) is -0.475. The average Bonchev–Trinajstić information content (AvgIpc) is 3.46. The van der Waals surface area contributed by atoms with E-state index in [1.807, 2.05) is 10.8 Å². The maximum atomic E-state index is 12.1. The zero-order chi connectivity index (χ0) is 29.2. The molecule has 0 aliphatic rings. The van der Waals surface area contributed by atoms with Gasteiger partial charge in [0.2, 0.25) is 5.95 Å². The Hall–Kier alpha value is -2.60. The smallest absolute Gasteiger partial charge is 0.390 e. The van der Waals surface area contributed by atoms with Crippen molar-refractivity contribution < 1.29 is 14.4 Å². The number of nitro groups is 1. The van der Waals surface area contributed by atoms with Crippen LogP contribution in [0.4, 0.5) is 17.6 Å². The van der Waals surface area contributed by atoms with Crippen LogP contribution in [0.5, 0.6) is 0 Å². The second-order valence-electron chi connectivity index (χ2n) is 11.5. The molecule has 0 aliphatic carbocycles. The Morgan fingerprint density at radius 2 is 1.51 bits per heavy atom. The molecule has 3 aromatic heterocycles. The number of anilines is 2. The van der Waals surface area contributed by atoms with E-state index < -0.39 is 21.1 Å². The molecule has 3 rings (SSSR count). The molecule has 216 valence electrons. The van der Waals surface area contributed by atoms with Crippen LogP contribution in [0.2, 0.25) is 51.4 Å². The van der Waals surface area contributed by atoms with Crippen LogP contribution in [0.15, 0.2) is 46.3 Å². The molecule has 0 fully saturated rings. The van der Waals surface area contributed by atoms with E-state index in [1.165, 1.54) is 15.3 Å². The third-order valence-electron chi connectivity index (χ3n) is 5.42. The van der Waals surface area contributed by atoms with E-state index in [-0.39, 0.29) is 18.2 Å². The minimum Gasteiger partial charge on any atom is -0.390 e. The molecule has 0 radical (unpaired) electrons. The molecule has 12 nitrogen and oxygen atoms in total. The van der Waals surface area contributed by atoms with Gasteiger partial charge in [-0.3, -0.25) is 9.36 Å². The monoisotopic (exact) mass is 641 g/mol. The van der Waals surface area contributed by atoms with Gasteiger partial charge in [0.1, 0.15) is 24.8 Å². The zero-order valence-corrected chi connectivity index (χ0v) is 27.4. The summed E-state index contributed by atoms with van der Waals surface area (Å²) >= 11 is 3.39. The zero-order valence-electron chi connectivity index (χ0n) is 23.8.